The first-order valence-electron chi connectivity index (χ1n) is 6.84. The summed E-state index contributed by atoms with van der Waals surface area (Å²) in [6, 6.07) is 4.64. The predicted octanol–water partition coefficient (Wildman–Crippen LogP) is 3.59. The first kappa shape index (κ1) is 15.0. The Labute approximate surface area is 123 Å². The van der Waals surface area contributed by atoms with Crippen molar-refractivity contribution in [3.63, 3.8) is 0 Å². The van der Waals surface area contributed by atoms with Crippen molar-refractivity contribution in [2.75, 3.05) is 6.54 Å². The molecule has 2 rings (SSSR count). The number of likely N-dealkylation sites (N-methyl/N-ethyl adjacent to an activating group) is 1. The van der Waals surface area contributed by atoms with Gasteiger partial charge < -0.3 is 5.32 Å². The van der Waals surface area contributed by atoms with E-state index >= 15 is 0 Å². The third-order valence-corrected chi connectivity index (χ3v) is 3.58. The maximum absolute atomic E-state index is 14.1. The molecule has 20 heavy (non-hydrogen) atoms. The normalized spacial score (nSPS) is 12.6. The number of rotatable bonds is 6. The van der Waals surface area contributed by atoms with Crippen molar-refractivity contribution in [1.82, 2.24) is 15.1 Å². The quantitative estimate of drug-likeness (QED) is 0.882. The van der Waals surface area contributed by atoms with Gasteiger partial charge in [0.25, 0.3) is 0 Å². The zero-order valence-electron chi connectivity index (χ0n) is 11.7. The summed E-state index contributed by atoms with van der Waals surface area (Å²) in [5, 5.41) is 8.00. The van der Waals surface area contributed by atoms with Crippen molar-refractivity contribution in [3.05, 3.63) is 52.6 Å². The summed E-state index contributed by atoms with van der Waals surface area (Å²) in [7, 11) is 0. The predicted molar refractivity (Wildman–Crippen MR) is 79.4 cm³/mol. The molecule has 1 aromatic carbocycles. The number of halogens is 2. The fourth-order valence-corrected chi connectivity index (χ4v) is 2.58. The number of hydrogen-bond donors (Lipinski definition) is 1. The highest BCUT2D eigenvalue weighted by atomic mass is 35.5. The van der Waals surface area contributed by atoms with Crippen LogP contribution < -0.4 is 5.32 Å². The minimum Gasteiger partial charge on any atom is -0.310 e. The molecule has 1 unspecified atom stereocenters. The molecule has 0 aliphatic carbocycles. The van der Waals surface area contributed by atoms with Crippen LogP contribution in [0.4, 0.5) is 4.39 Å². The third kappa shape index (κ3) is 3.38. The Kier molecular flexibility index (Phi) is 5.15. The van der Waals surface area contributed by atoms with Crippen molar-refractivity contribution >= 4 is 11.6 Å². The van der Waals surface area contributed by atoms with Crippen molar-refractivity contribution < 1.29 is 4.39 Å². The Hall–Kier alpha value is -1.39. The van der Waals surface area contributed by atoms with Gasteiger partial charge in [-0.3, -0.25) is 4.68 Å². The van der Waals surface area contributed by atoms with Crippen LogP contribution in [-0.4, -0.2) is 16.3 Å². The first-order chi connectivity index (χ1) is 9.65. The number of benzene rings is 1. The lowest BCUT2D eigenvalue weighted by molar-refractivity contribution is 0.510. The molecule has 0 saturated carbocycles. The van der Waals surface area contributed by atoms with Crippen LogP contribution in [0, 0.1) is 5.82 Å². The Morgan fingerprint density at radius 1 is 1.40 bits per heavy atom. The molecule has 2 aromatic rings. The van der Waals surface area contributed by atoms with Crippen molar-refractivity contribution in [1.29, 1.82) is 0 Å². The molecule has 5 heteroatoms. The summed E-state index contributed by atoms with van der Waals surface area (Å²) in [5.41, 5.74) is 1.59. The zero-order valence-corrected chi connectivity index (χ0v) is 12.5. The summed E-state index contributed by atoms with van der Waals surface area (Å²) < 4.78 is 15.9. The number of nitrogens with one attached hydrogen (secondary N) is 1. The average molecular weight is 296 g/mol. The molecule has 1 aromatic heterocycles. The van der Waals surface area contributed by atoms with Crippen LogP contribution in [0.3, 0.4) is 0 Å². The van der Waals surface area contributed by atoms with E-state index < -0.39 is 0 Å². The van der Waals surface area contributed by atoms with Gasteiger partial charge in [0.2, 0.25) is 0 Å². The number of aryl methyl sites for hydroxylation is 1. The molecule has 1 atom stereocenters. The minimum atomic E-state index is -0.272. The van der Waals surface area contributed by atoms with E-state index in [0.717, 1.165) is 18.7 Å². The van der Waals surface area contributed by atoms with Gasteiger partial charge in [0.1, 0.15) is 5.82 Å². The lowest BCUT2D eigenvalue weighted by Crippen LogP contribution is -2.24. The van der Waals surface area contributed by atoms with Crippen LogP contribution in [0.15, 0.2) is 30.6 Å². The molecular formula is C15H19ClFN3. The van der Waals surface area contributed by atoms with E-state index in [-0.39, 0.29) is 11.9 Å². The molecule has 0 amide bonds. The standard InChI is InChI=1S/C15H19ClFN3/c1-3-18-14(8-11-9-19-20(4-2)10-11)15-12(16)6-5-7-13(15)17/h5-7,9-10,14,18H,3-4,8H2,1-2H3. The number of nitrogens with zero attached hydrogens (tertiary/aromatic N) is 2. The second kappa shape index (κ2) is 6.86. The van der Waals surface area contributed by atoms with Gasteiger partial charge in [0.05, 0.1) is 6.20 Å². The van der Waals surface area contributed by atoms with Crippen molar-refractivity contribution in [3.8, 4) is 0 Å². The fraction of sp³-hybridized carbons (Fsp3) is 0.400. The SMILES string of the molecule is CCNC(Cc1cnn(CC)c1)c1c(F)cccc1Cl. The fourth-order valence-electron chi connectivity index (χ4n) is 2.29. The highest BCUT2D eigenvalue weighted by Crippen LogP contribution is 2.28. The molecule has 0 bridgehead atoms. The minimum absolute atomic E-state index is 0.150. The smallest absolute Gasteiger partial charge is 0.129 e. The average Bonchev–Trinajstić information content (AvgIpc) is 2.86. The molecular weight excluding hydrogens is 277 g/mol. The zero-order chi connectivity index (χ0) is 14.5. The van der Waals surface area contributed by atoms with Gasteiger partial charge in [-0.15, -0.1) is 0 Å². The van der Waals surface area contributed by atoms with Gasteiger partial charge in [-0.2, -0.15) is 5.10 Å². The molecule has 0 aliphatic rings. The molecule has 0 spiro atoms. The molecule has 108 valence electrons. The molecule has 1 N–H and O–H groups in total. The Morgan fingerprint density at radius 2 is 2.20 bits per heavy atom. The summed E-state index contributed by atoms with van der Waals surface area (Å²) in [6.07, 6.45) is 4.47. The van der Waals surface area contributed by atoms with E-state index in [1.54, 1.807) is 12.1 Å². The molecule has 3 nitrogen and oxygen atoms in total. The van der Waals surface area contributed by atoms with E-state index in [1.807, 2.05) is 30.9 Å². The van der Waals surface area contributed by atoms with E-state index in [2.05, 4.69) is 10.4 Å². The number of hydrogen-bond acceptors (Lipinski definition) is 2. The van der Waals surface area contributed by atoms with Crippen molar-refractivity contribution in [2.24, 2.45) is 0 Å². The van der Waals surface area contributed by atoms with Crippen LogP contribution in [0.1, 0.15) is 31.0 Å². The molecule has 0 saturated heterocycles. The lowest BCUT2D eigenvalue weighted by Gasteiger charge is -2.19. The lowest BCUT2D eigenvalue weighted by atomic mass is 10.00. The second-order valence-electron chi connectivity index (χ2n) is 4.65. The Morgan fingerprint density at radius 3 is 2.80 bits per heavy atom. The highest BCUT2D eigenvalue weighted by Gasteiger charge is 2.19. The summed E-state index contributed by atoms with van der Waals surface area (Å²) in [5.74, 6) is -0.272. The van der Waals surface area contributed by atoms with Gasteiger partial charge >= 0.3 is 0 Å². The van der Waals surface area contributed by atoms with E-state index in [1.165, 1.54) is 6.07 Å². The van der Waals surface area contributed by atoms with Crippen LogP contribution >= 0.6 is 11.6 Å². The largest absolute Gasteiger partial charge is 0.310 e. The van der Waals surface area contributed by atoms with E-state index in [0.29, 0.717) is 17.0 Å². The number of aromatic nitrogens is 2. The van der Waals surface area contributed by atoms with Crippen LogP contribution in [0.5, 0.6) is 0 Å². The maximum Gasteiger partial charge on any atom is 0.129 e. The molecule has 0 fully saturated rings. The highest BCUT2D eigenvalue weighted by molar-refractivity contribution is 6.31. The van der Waals surface area contributed by atoms with Gasteiger partial charge in [-0.25, -0.2) is 4.39 Å². The van der Waals surface area contributed by atoms with E-state index in [9.17, 15) is 4.39 Å². The monoisotopic (exact) mass is 295 g/mol. The van der Waals surface area contributed by atoms with Crippen LogP contribution in [0.2, 0.25) is 5.02 Å². The van der Waals surface area contributed by atoms with E-state index in [4.69, 9.17) is 11.6 Å². The summed E-state index contributed by atoms with van der Waals surface area (Å²) in [6.45, 7) is 5.60. The molecule has 1 heterocycles. The summed E-state index contributed by atoms with van der Waals surface area (Å²) in [4.78, 5) is 0. The topological polar surface area (TPSA) is 29.9 Å². The van der Waals surface area contributed by atoms with Gasteiger partial charge in [0, 0.05) is 29.4 Å². The Bertz CT molecular complexity index is 548. The van der Waals surface area contributed by atoms with Gasteiger partial charge in [-0.1, -0.05) is 24.6 Å². The second-order valence-corrected chi connectivity index (χ2v) is 5.06. The summed E-state index contributed by atoms with van der Waals surface area (Å²) >= 11 is 6.16. The van der Waals surface area contributed by atoms with Gasteiger partial charge in [0.15, 0.2) is 0 Å². The van der Waals surface area contributed by atoms with Gasteiger partial charge in [-0.05, 0) is 37.6 Å². The van der Waals surface area contributed by atoms with Crippen LogP contribution in [-0.2, 0) is 13.0 Å². The molecule has 0 radical (unpaired) electrons. The maximum atomic E-state index is 14.1. The van der Waals surface area contributed by atoms with Crippen molar-refractivity contribution in [2.45, 2.75) is 32.9 Å². The Balaban J connectivity index is 2.26. The van der Waals surface area contributed by atoms with Crippen LogP contribution in [0.25, 0.3) is 0 Å². The molecule has 0 aliphatic heterocycles. The first-order valence-corrected chi connectivity index (χ1v) is 7.22. The third-order valence-electron chi connectivity index (χ3n) is 3.25.